The number of ketones is 2. The number of nitrogens with two attached hydrogens (primary N) is 1. The van der Waals surface area contributed by atoms with Crippen molar-refractivity contribution in [3.8, 4) is 5.75 Å². The Hall–Kier alpha value is -4.97. The Morgan fingerprint density at radius 1 is 0.974 bits per heavy atom. The fourth-order valence-electron chi connectivity index (χ4n) is 6.10. The average molecular weight is 531 g/mol. The molecule has 0 saturated heterocycles. The number of nitrogens with zero attached hydrogens (tertiary/aromatic N) is 1. The van der Waals surface area contributed by atoms with Gasteiger partial charge in [-0.05, 0) is 42.5 Å². The van der Waals surface area contributed by atoms with Crippen molar-refractivity contribution in [1.82, 2.24) is 5.01 Å². The van der Waals surface area contributed by atoms with Gasteiger partial charge in [-0.2, -0.15) is 5.01 Å². The molecule has 3 atom stereocenters. The molecule has 1 heterocycles. The molecule has 1 aliphatic heterocycles. The third-order valence-electron chi connectivity index (χ3n) is 7.96. The van der Waals surface area contributed by atoms with Crippen LogP contribution < -0.4 is 11.2 Å². The molecule has 39 heavy (non-hydrogen) atoms. The number of aliphatic hydroxyl groups excluding tert-OH is 2. The Bertz CT molecular complexity index is 1600. The molecule has 0 spiro atoms. The van der Waals surface area contributed by atoms with E-state index in [1.54, 1.807) is 18.2 Å². The molecular weight excluding hydrogens is 510 g/mol. The largest absolute Gasteiger partial charge is 0.508 e. The summed E-state index contributed by atoms with van der Waals surface area (Å²) in [6.07, 6.45) is -0.260. The van der Waals surface area contributed by atoms with Gasteiger partial charge >= 0.3 is 0 Å². The number of hydrogen-bond acceptors (Lipinski definition) is 10. The van der Waals surface area contributed by atoms with Crippen LogP contribution >= 0.6 is 0 Å². The molecule has 3 aliphatic carbocycles. The third kappa shape index (κ3) is 3.12. The van der Waals surface area contributed by atoms with Crippen LogP contribution in [0.2, 0.25) is 0 Å². The number of hydrazine groups is 1. The monoisotopic (exact) mass is 531 g/mol. The van der Waals surface area contributed by atoms with Gasteiger partial charge in [0, 0.05) is 17.9 Å². The summed E-state index contributed by atoms with van der Waals surface area (Å²) in [5.41, 5.74) is 4.44. The predicted octanol–water partition coefficient (Wildman–Crippen LogP) is 1.05. The summed E-state index contributed by atoms with van der Waals surface area (Å²) in [4.78, 5) is 63.3. The van der Waals surface area contributed by atoms with Crippen LogP contribution in [-0.2, 0) is 20.8 Å². The van der Waals surface area contributed by atoms with Crippen molar-refractivity contribution in [1.29, 1.82) is 0 Å². The normalized spacial score (nSPS) is 25.8. The molecule has 2 aromatic rings. The summed E-state index contributed by atoms with van der Waals surface area (Å²) in [5.74, 6) is -8.63. The summed E-state index contributed by atoms with van der Waals surface area (Å²) in [6.45, 7) is 0. The number of rotatable bonds is 3. The highest BCUT2D eigenvalue weighted by Gasteiger charge is 2.60. The maximum atomic E-state index is 13.6. The van der Waals surface area contributed by atoms with E-state index in [0.717, 1.165) is 0 Å². The van der Waals surface area contributed by atoms with Crippen molar-refractivity contribution in [2.75, 3.05) is 5.43 Å². The van der Waals surface area contributed by atoms with E-state index in [1.165, 1.54) is 18.2 Å². The second kappa shape index (κ2) is 8.01. The molecule has 6 rings (SSSR count). The minimum atomic E-state index is -2.67. The third-order valence-corrected chi connectivity index (χ3v) is 7.96. The molecule has 7 N–H and O–H groups in total. The first kappa shape index (κ1) is 24.4. The van der Waals surface area contributed by atoms with Gasteiger partial charge in [-0.25, -0.2) is 0 Å². The number of hydrogen-bond donors (Lipinski definition) is 6. The number of phenols is 1. The molecule has 1 fully saturated rings. The fraction of sp³-hybridized carbons (Fsp3) is 0.222. The number of fused-ring (bicyclic) bond motifs is 4. The first-order chi connectivity index (χ1) is 18.5. The van der Waals surface area contributed by atoms with E-state index in [9.17, 15) is 44.4 Å². The Balaban J connectivity index is 1.41. The van der Waals surface area contributed by atoms with Crippen molar-refractivity contribution in [3.05, 3.63) is 75.6 Å². The number of amides is 3. The van der Waals surface area contributed by atoms with Crippen LogP contribution in [0.25, 0.3) is 5.76 Å². The lowest BCUT2D eigenvalue weighted by Gasteiger charge is -2.46. The molecular formula is C27H21N3O9. The zero-order chi connectivity index (χ0) is 28.0. The highest BCUT2D eigenvalue weighted by atomic mass is 16.3. The number of carbonyl (C=O) groups is 5. The standard InChI is InChI=1S/C27H21N3O9/c28-24(36)19-16(31)9-12-8-11-7-10-5-6-15(29-30-25(37)13-3-1-2-4-14(13)26(30)38)20(32)17(10)21(33)18(11)22(34)27(12,39)23(19)35/h1-6,11-12,29,32-33,35,39H,7-9H2,(H2,28,36)/t11-,12-,27-/m0/s1. The maximum absolute atomic E-state index is 13.6. The Morgan fingerprint density at radius 2 is 1.62 bits per heavy atom. The average Bonchev–Trinajstić information content (AvgIpc) is 3.12. The van der Waals surface area contributed by atoms with Gasteiger partial charge < -0.3 is 26.2 Å². The van der Waals surface area contributed by atoms with Crippen LogP contribution in [-0.4, -0.2) is 60.3 Å². The van der Waals surface area contributed by atoms with E-state index >= 15 is 0 Å². The number of phenolic OH excluding ortho intramolecular Hbond substituents is 1. The second-order valence-corrected chi connectivity index (χ2v) is 10.0. The molecule has 0 bridgehead atoms. The quantitative estimate of drug-likeness (QED) is 0.188. The highest BCUT2D eigenvalue weighted by molar-refractivity contribution is 6.23. The molecule has 12 heteroatoms. The highest BCUT2D eigenvalue weighted by Crippen LogP contribution is 2.52. The molecule has 3 amide bonds. The molecule has 4 aliphatic rings. The van der Waals surface area contributed by atoms with Gasteiger partial charge in [-0.15, -0.1) is 0 Å². The topological polar surface area (TPSA) is 208 Å². The van der Waals surface area contributed by atoms with Crippen molar-refractivity contribution >= 4 is 40.7 Å². The zero-order valence-corrected chi connectivity index (χ0v) is 20.1. The predicted molar refractivity (Wildman–Crippen MR) is 132 cm³/mol. The van der Waals surface area contributed by atoms with E-state index < -0.39 is 76.0 Å². The number of carbonyl (C=O) groups excluding carboxylic acids is 5. The minimum Gasteiger partial charge on any atom is -0.508 e. The zero-order valence-electron chi connectivity index (χ0n) is 20.1. The second-order valence-electron chi connectivity index (χ2n) is 10.0. The van der Waals surface area contributed by atoms with Gasteiger partial charge in [-0.3, -0.25) is 29.4 Å². The van der Waals surface area contributed by atoms with Gasteiger partial charge in [0.25, 0.3) is 17.7 Å². The summed E-state index contributed by atoms with van der Waals surface area (Å²) >= 11 is 0. The number of benzene rings is 2. The van der Waals surface area contributed by atoms with Crippen LogP contribution in [0, 0.1) is 11.8 Å². The lowest BCUT2D eigenvalue weighted by atomic mass is 9.59. The summed E-state index contributed by atoms with van der Waals surface area (Å²) in [7, 11) is 0. The Labute approximate surface area is 219 Å². The number of Topliss-reactive ketones (excluding diaryl/α,β-unsaturated/α-hetero) is 2. The maximum Gasteiger partial charge on any atom is 0.280 e. The van der Waals surface area contributed by atoms with E-state index in [-0.39, 0.29) is 40.8 Å². The van der Waals surface area contributed by atoms with E-state index in [1.807, 2.05) is 0 Å². The first-order valence-electron chi connectivity index (χ1n) is 12.0. The van der Waals surface area contributed by atoms with Gasteiger partial charge in [0.05, 0.1) is 22.4 Å². The van der Waals surface area contributed by atoms with Crippen molar-refractivity contribution in [3.63, 3.8) is 0 Å². The summed E-state index contributed by atoms with van der Waals surface area (Å²) in [5, 5.41) is 45.0. The molecule has 198 valence electrons. The molecule has 2 aromatic carbocycles. The lowest BCUT2D eigenvalue weighted by molar-refractivity contribution is -0.147. The number of nitrogens with one attached hydrogen (secondary N) is 1. The molecule has 0 unspecified atom stereocenters. The van der Waals surface area contributed by atoms with E-state index in [0.29, 0.717) is 10.6 Å². The Morgan fingerprint density at radius 3 is 2.23 bits per heavy atom. The smallest absolute Gasteiger partial charge is 0.280 e. The van der Waals surface area contributed by atoms with Crippen LogP contribution in [0.5, 0.6) is 5.75 Å². The Kier molecular flexibility index (Phi) is 5.01. The van der Waals surface area contributed by atoms with Crippen molar-refractivity contribution < 1.29 is 44.4 Å². The molecule has 1 saturated carbocycles. The van der Waals surface area contributed by atoms with Crippen LogP contribution in [0.4, 0.5) is 5.69 Å². The van der Waals surface area contributed by atoms with Crippen LogP contribution in [0.1, 0.15) is 44.7 Å². The number of imide groups is 1. The first-order valence-corrected chi connectivity index (χ1v) is 12.0. The SMILES string of the molecule is NC(=O)C1=C(O)[C@@]2(O)C(=O)C3=C(O)c4c(ccc(NN5C(=O)c6ccccc6C5=O)c4O)C[C@H]3C[C@H]2CC1=O. The summed E-state index contributed by atoms with van der Waals surface area (Å²) < 4.78 is 0. The number of aliphatic hydroxyl groups is 3. The number of aromatic hydroxyl groups is 1. The van der Waals surface area contributed by atoms with Crippen molar-refractivity contribution in [2.45, 2.75) is 24.9 Å². The van der Waals surface area contributed by atoms with Gasteiger partial charge in [-0.1, -0.05) is 18.2 Å². The molecule has 0 radical (unpaired) electrons. The van der Waals surface area contributed by atoms with Crippen LogP contribution in [0.3, 0.4) is 0 Å². The molecule has 12 nitrogen and oxygen atoms in total. The summed E-state index contributed by atoms with van der Waals surface area (Å²) in [6, 6.07) is 9.13. The van der Waals surface area contributed by atoms with E-state index in [4.69, 9.17) is 5.73 Å². The van der Waals surface area contributed by atoms with Gasteiger partial charge in [0.1, 0.15) is 17.1 Å². The van der Waals surface area contributed by atoms with Crippen molar-refractivity contribution in [2.24, 2.45) is 17.6 Å². The minimum absolute atomic E-state index is 0.0126. The van der Waals surface area contributed by atoms with Gasteiger partial charge in [0.15, 0.2) is 17.1 Å². The lowest BCUT2D eigenvalue weighted by Crippen LogP contribution is -2.58. The number of primary amides is 1. The van der Waals surface area contributed by atoms with Crippen LogP contribution in [0.15, 0.2) is 53.3 Å². The van der Waals surface area contributed by atoms with E-state index in [2.05, 4.69) is 5.43 Å². The fourth-order valence-corrected chi connectivity index (χ4v) is 6.10. The molecule has 0 aromatic heterocycles. The van der Waals surface area contributed by atoms with Gasteiger partial charge in [0.2, 0.25) is 5.78 Å². The number of anilines is 1.